The second kappa shape index (κ2) is 5.46. The number of carbonyl (C=O) groups excluding carboxylic acids is 1. The average molecular weight is 317 g/mol. The van der Waals surface area contributed by atoms with Gasteiger partial charge < -0.3 is 9.84 Å². The molecule has 4 nitrogen and oxygen atoms in total. The molecule has 0 fully saturated rings. The van der Waals surface area contributed by atoms with Crippen molar-refractivity contribution in [3.8, 4) is 11.1 Å². The van der Waals surface area contributed by atoms with Gasteiger partial charge in [-0.25, -0.2) is 4.79 Å². The van der Waals surface area contributed by atoms with Crippen LogP contribution in [0.15, 0.2) is 36.4 Å². The predicted molar refractivity (Wildman–Crippen MR) is 82.3 cm³/mol. The van der Waals surface area contributed by atoms with Gasteiger partial charge in [-0.3, -0.25) is 4.79 Å². The number of fused-ring (bicyclic) bond motifs is 3. The zero-order chi connectivity index (χ0) is 15.9. The van der Waals surface area contributed by atoms with Crippen molar-refractivity contribution in [1.82, 2.24) is 0 Å². The molecule has 1 aliphatic rings. The summed E-state index contributed by atoms with van der Waals surface area (Å²) in [6.45, 7) is 0. The van der Waals surface area contributed by atoms with E-state index in [1.807, 2.05) is 12.1 Å². The van der Waals surface area contributed by atoms with Gasteiger partial charge in [-0.05, 0) is 34.9 Å². The van der Waals surface area contributed by atoms with Gasteiger partial charge in [-0.2, -0.15) is 0 Å². The molecule has 0 bridgehead atoms. The van der Waals surface area contributed by atoms with Gasteiger partial charge in [-0.15, -0.1) is 0 Å². The van der Waals surface area contributed by atoms with Crippen LogP contribution in [0.3, 0.4) is 0 Å². The van der Waals surface area contributed by atoms with Crippen LogP contribution in [0.5, 0.6) is 0 Å². The van der Waals surface area contributed by atoms with Gasteiger partial charge in [0.15, 0.2) is 0 Å². The molecule has 1 aliphatic carbocycles. The highest BCUT2D eigenvalue weighted by atomic mass is 35.5. The number of rotatable bonds is 3. The molecule has 0 heterocycles. The molecule has 0 amide bonds. The van der Waals surface area contributed by atoms with E-state index in [0.29, 0.717) is 10.6 Å². The molecular formula is C17H13ClO4. The van der Waals surface area contributed by atoms with Crippen molar-refractivity contribution in [1.29, 1.82) is 0 Å². The highest BCUT2D eigenvalue weighted by Crippen LogP contribution is 2.49. The van der Waals surface area contributed by atoms with E-state index < -0.39 is 11.9 Å². The Kier molecular flexibility index (Phi) is 3.62. The van der Waals surface area contributed by atoms with Crippen molar-refractivity contribution in [2.45, 2.75) is 12.3 Å². The Morgan fingerprint density at radius 1 is 1.23 bits per heavy atom. The first-order valence-electron chi connectivity index (χ1n) is 6.75. The first-order chi connectivity index (χ1) is 10.5. The van der Waals surface area contributed by atoms with Gasteiger partial charge in [0.2, 0.25) is 0 Å². The number of carboxylic acid groups (broad SMARTS) is 1. The second-order valence-electron chi connectivity index (χ2n) is 5.15. The van der Waals surface area contributed by atoms with E-state index in [0.717, 1.165) is 22.3 Å². The van der Waals surface area contributed by atoms with E-state index in [1.54, 1.807) is 24.3 Å². The fourth-order valence-corrected chi connectivity index (χ4v) is 3.28. The summed E-state index contributed by atoms with van der Waals surface area (Å²) in [4.78, 5) is 22.9. The van der Waals surface area contributed by atoms with Crippen LogP contribution in [0.1, 0.15) is 33.8 Å². The zero-order valence-electron chi connectivity index (χ0n) is 11.8. The van der Waals surface area contributed by atoms with Crippen molar-refractivity contribution >= 4 is 23.5 Å². The quantitative estimate of drug-likeness (QED) is 0.877. The third-order valence-corrected chi connectivity index (χ3v) is 4.23. The van der Waals surface area contributed by atoms with Gasteiger partial charge in [0.05, 0.1) is 19.1 Å². The molecule has 0 saturated carbocycles. The number of esters is 1. The van der Waals surface area contributed by atoms with E-state index >= 15 is 0 Å². The molecule has 0 saturated heterocycles. The number of methoxy groups -OCH3 is 1. The summed E-state index contributed by atoms with van der Waals surface area (Å²) in [7, 11) is 1.32. The molecule has 3 rings (SSSR count). The summed E-state index contributed by atoms with van der Waals surface area (Å²) < 4.78 is 4.73. The van der Waals surface area contributed by atoms with Crippen LogP contribution in [0, 0.1) is 0 Å². The first-order valence-corrected chi connectivity index (χ1v) is 7.13. The lowest BCUT2D eigenvalue weighted by atomic mass is 9.93. The zero-order valence-corrected chi connectivity index (χ0v) is 12.6. The fourth-order valence-electron chi connectivity index (χ4n) is 3.00. The minimum absolute atomic E-state index is 0.0506. The van der Waals surface area contributed by atoms with Gasteiger partial charge in [0.1, 0.15) is 0 Å². The largest absolute Gasteiger partial charge is 0.481 e. The standard InChI is InChI=1S/C17H13ClO4/c1-22-17(21)9-5-6-11-12(7-9)13(8-15(19)20)10-3-2-4-14(18)16(10)11/h2-7,13H,8H2,1H3,(H,19,20). The Bertz CT molecular complexity index is 782. The number of ether oxygens (including phenoxy) is 1. The molecule has 22 heavy (non-hydrogen) atoms. The number of hydrogen-bond acceptors (Lipinski definition) is 3. The maximum atomic E-state index is 11.7. The number of carboxylic acids is 1. The van der Waals surface area contributed by atoms with Gasteiger partial charge in [-0.1, -0.05) is 29.8 Å². The average Bonchev–Trinajstić information content (AvgIpc) is 2.81. The molecular weight excluding hydrogens is 304 g/mol. The summed E-state index contributed by atoms with van der Waals surface area (Å²) >= 11 is 6.29. The number of aliphatic carboxylic acids is 1. The maximum absolute atomic E-state index is 11.7. The van der Waals surface area contributed by atoms with E-state index in [2.05, 4.69) is 0 Å². The summed E-state index contributed by atoms with van der Waals surface area (Å²) in [6, 6.07) is 10.6. The Hall–Kier alpha value is -2.33. The monoisotopic (exact) mass is 316 g/mol. The lowest BCUT2D eigenvalue weighted by molar-refractivity contribution is -0.137. The molecule has 1 N–H and O–H groups in total. The van der Waals surface area contributed by atoms with Crippen molar-refractivity contribution < 1.29 is 19.4 Å². The topological polar surface area (TPSA) is 63.6 Å². The number of halogens is 1. The van der Waals surface area contributed by atoms with Crippen LogP contribution >= 0.6 is 11.6 Å². The molecule has 0 radical (unpaired) electrons. The molecule has 0 spiro atoms. The van der Waals surface area contributed by atoms with Crippen LogP contribution in [-0.4, -0.2) is 24.2 Å². The van der Waals surface area contributed by atoms with E-state index in [-0.39, 0.29) is 12.3 Å². The first kappa shape index (κ1) is 14.6. The van der Waals surface area contributed by atoms with Crippen LogP contribution in [0.25, 0.3) is 11.1 Å². The SMILES string of the molecule is COC(=O)c1ccc2c(c1)C(CC(=O)O)c1cccc(Cl)c1-2. The lowest BCUT2D eigenvalue weighted by Gasteiger charge is -2.11. The molecule has 5 heteroatoms. The molecule has 1 atom stereocenters. The third kappa shape index (κ3) is 2.25. The minimum atomic E-state index is -0.896. The predicted octanol–water partition coefficient (Wildman–Crippen LogP) is 3.71. The number of hydrogen-bond donors (Lipinski definition) is 1. The summed E-state index contributed by atoms with van der Waals surface area (Å²) in [6.07, 6.45) is -0.0506. The molecule has 0 aliphatic heterocycles. The van der Waals surface area contributed by atoms with Crippen LogP contribution in [-0.2, 0) is 9.53 Å². The number of carbonyl (C=O) groups is 2. The van der Waals surface area contributed by atoms with Gasteiger partial charge in [0, 0.05) is 16.5 Å². The molecule has 2 aromatic rings. The van der Waals surface area contributed by atoms with Crippen molar-refractivity contribution in [3.63, 3.8) is 0 Å². The van der Waals surface area contributed by atoms with Crippen LogP contribution in [0.4, 0.5) is 0 Å². The Balaban J connectivity index is 2.20. The maximum Gasteiger partial charge on any atom is 0.337 e. The van der Waals surface area contributed by atoms with Gasteiger partial charge in [0.25, 0.3) is 0 Å². The Morgan fingerprint density at radius 2 is 2.00 bits per heavy atom. The van der Waals surface area contributed by atoms with Crippen molar-refractivity contribution in [3.05, 3.63) is 58.1 Å². The lowest BCUT2D eigenvalue weighted by Crippen LogP contribution is -2.07. The summed E-state index contributed by atoms with van der Waals surface area (Å²) in [5.74, 6) is -1.66. The second-order valence-corrected chi connectivity index (χ2v) is 5.56. The van der Waals surface area contributed by atoms with Crippen molar-refractivity contribution in [2.75, 3.05) is 7.11 Å². The Labute approximate surface area is 132 Å². The molecule has 0 aromatic heterocycles. The van der Waals surface area contributed by atoms with Gasteiger partial charge >= 0.3 is 11.9 Å². The number of benzene rings is 2. The highest BCUT2D eigenvalue weighted by Gasteiger charge is 2.32. The normalized spacial score (nSPS) is 15.1. The van der Waals surface area contributed by atoms with E-state index in [9.17, 15) is 14.7 Å². The van der Waals surface area contributed by atoms with E-state index in [4.69, 9.17) is 16.3 Å². The smallest absolute Gasteiger partial charge is 0.337 e. The third-order valence-electron chi connectivity index (χ3n) is 3.92. The van der Waals surface area contributed by atoms with Crippen molar-refractivity contribution in [2.24, 2.45) is 0 Å². The summed E-state index contributed by atoms with van der Waals surface area (Å²) in [5, 5.41) is 9.78. The minimum Gasteiger partial charge on any atom is -0.481 e. The fraction of sp³-hybridized carbons (Fsp3) is 0.176. The summed E-state index contributed by atoms with van der Waals surface area (Å²) in [5.41, 5.74) is 3.81. The molecule has 112 valence electrons. The molecule has 1 unspecified atom stereocenters. The van der Waals surface area contributed by atoms with Crippen LogP contribution in [0.2, 0.25) is 5.02 Å². The molecule has 2 aromatic carbocycles. The highest BCUT2D eigenvalue weighted by molar-refractivity contribution is 6.33. The van der Waals surface area contributed by atoms with Crippen LogP contribution < -0.4 is 0 Å². The van der Waals surface area contributed by atoms with E-state index in [1.165, 1.54) is 7.11 Å². The Morgan fingerprint density at radius 3 is 2.68 bits per heavy atom.